The molecule has 0 amide bonds. The van der Waals surface area contributed by atoms with Crippen LogP contribution >= 0.6 is 0 Å². The van der Waals surface area contributed by atoms with Crippen molar-refractivity contribution in [2.75, 3.05) is 0 Å². The van der Waals surface area contributed by atoms with Gasteiger partial charge in [0, 0.05) is 18.5 Å². The fourth-order valence-electron chi connectivity index (χ4n) is 1.64. The molecular formula is C11H23NO2. The molecule has 0 fully saturated rings. The maximum absolute atomic E-state index is 10.3. The van der Waals surface area contributed by atoms with Gasteiger partial charge in [0.05, 0.1) is 0 Å². The second-order valence-corrected chi connectivity index (χ2v) is 4.04. The summed E-state index contributed by atoms with van der Waals surface area (Å²) in [5.74, 6) is -0.696. The first-order chi connectivity index (χ1) is 6.56. The number of carbonyl (C=O) groups is 1. The summed E-state index contributed by atoms with van der Waals surface area (Å²) >= 11 is 0. The van der Waals surface area contributed by atoms with Gasteiger partial charge in [0.25, 0.3) is 0 Å². The van der Waals surface area contributed by atoms with Crippen molar-refractivity contribution in [3.05, 3.63) is 0 Å². The molecular weight excluding hydrogens is 178 g/mol. The Hall–Kier alpha value is -0.570. The smallest absolute Gasteiger partial charge is 0.303 e. The van der Waals surface area contributed by atoms with Gasteiger partial charge in [-0.25, -0.2) is 0 Å². The lowest BCUT2D eigenvalue weighted by Gasteiger charge is -2.19. The SMILES string of the molecule is CCCC(C)NC(C)CCCC(=O)O. The van der Waals surface area contributed by atoms with E-state index in [0.717, 1.165) is 12.8 Å². The zero-order valence-electron chi connectivity index (χ0n) is 9.55. The molecule has 84 valence electrons. The molecule has 3 heteroatoms. The van der Waals surface area contributed by atoms with Crippen LogP contribution in [0.5, 0.6) is 0 Å². The summed E-state index contributed by atoms with van der Waals surface area (Å²) in [7, 11) is 0. The number of hydrogen-bond donors (Lipinski definition) is 2. The maximum atomic E-state index is 10.3. The summed E-state index contributed by atoms with van der Waals surface area (Å²) in [5.41, 5.74) is 0. The van der Waals surface area contributed by atoms with Gasteiger partial charge >= 0.3 is 5.97 Å². The van der Waals surface area contributed by atoms with Gasteiger partial charge in [-0.3, -0.25) is 4.79 Å². The molecule has 0 aromatic rings. The van der Waals surface area contributed by atoms with E-state index in [1.54, 1.807) is 0 Å². The highest BCUT2D eigenvalue weighted by Gasteiger charge is 2.06. The van der Waals surface area contributed by atoms with E-state index in [4.69, 9.17) is 5.11 Å². The largest absolute Gasteiger partial charge is 0.481 e. The third-order valence-corrected chi connectivity index (χ3v) is 2.32. The van der Waals surface area contributed by atoms with Crippen LogP contribution in [-0.2, 0) is 4.79 Å². The van der Waals surface area contributed by atoms with Crippen molar-refractivity contribution < 1.29 is 9.90 Å². The van der Waals surface area contributed by atoms with Crippen molar-refractivity contribution in [2.45, 2.75) is 65.0 Å². The second kappa shape index (κ2) is 7.80. The zero-order chi connectivity index (χ0) is 11.0. The van der Waals surface area contributed by atoms with Gasteiger partial charge in [-0.2, -0.15) is 0 Å². The second-order valence-electron chi connectivity index (χ2n) is 4.04. The van der Waals surface area contributed by atoms with Crippen LogP contribution in [-0.4, -0.2) is 23.2 Å². The molecule has 0 aliphatic heterocycles. The van der Waals surface area contributed by atoms with Gasteiger partial charge in [-0.05, 0) is 33.1 Å². The van der Waals surface area contributed by atoms with E-state index in [2.05, 4.69) is 26.1 Å². The Kier molecular flexibility index (Phi) is 7.48. The third kappa shape index (κ3) is 8.05. The molecule has 0 heterocycles. The molecule has 0 aliphatic rings. The van der Waals surface area contributed by atoms with Crippen molar-refractivity contribution >= 4 is 5.97 Å². The first kappa shape index (κ1) is 13.4. The van der Waals surface area contributed by atoms with Crippen molar-refractivity contribution in [2.24, 2.45) is 0 Å². The molecule has 0 saturated carbocycles. The van der Waals surface area contributed by atoms with Crippen LogP contribution < -0.4 is 5.32 Å². The van der Waals surface area contributed by atoms with E-state index in [1.807, 2.05) is 0 Å². The Balaban J connectivity index is 3.44. The van der Waals surface area contributed by atoms with E-state index in [0.29, 0.717) is 12.1 Å². The Morgan fingerprint density at radius 1 is 1.29 bits per heavy atom. The van der Waals surface area contributed by atoms with E-state index in [-0.39, 0.29) is 6.42 Å². The van der Waals surface area contributed by atoms with Gasteiger partial charge < -0.3 is 10.4 Å². The lowest BCUT2D eigenvalue weighted by Crippen LogP contribution is -2.34. The molecule has 0 bridgehead atoms. The van der Waals surface area contributed by atoms with Crippen LogP contribution in [0.4, 0.5) is 0 Å². The van der Waals surface area contributed by atoms with Crippen LogP contribution in [0.25, 0.3) is 0 Å². The van der Waals surface area contributed by atoms with E-state index in [1.165, 1.54) is 12.8 Å². The minimum absolute atomic E-state index is 0.286. The highest BCUT2D eigenvalue weighted by molar-refractivity contribution is 5.66. The van der Waals surface area contributed by atoms with Gasteiger partial charge in [-0.1, -0.05) is 13.3 Å². The Bertz CT molecular complexity index is 159. The molecule has 0 radical (unpaired) electrons. The summed E-state index contributed by atoms with van der Waals surface area (Å²) in [6.07, 6.45) is 4.37. The average Bonchev–Trinajstić information content (AvgIpc) is 2.03. The summed E-state index contributed by atoms with van der Waals surface area (Å²) in [6, 6.07) is 0.968. The molecule has 0 spiro atoms. The standard InChI is InChI=1S/C11H23NO2/c1-4-6-9(2)12-10(3)7-5-8-11(13)14/h9-10,12H,4-8H2,1-3H3,(H,13,14). The predicted octanol–water partition coefficient (Wildman–Crippen LogP) is 2.41. The molecule has 0 aromatic heterocycles. The van der Waals surface area contributed by atoms with E-state index < -0.39 is 5.97 Å². The monoisotopic (exact) mass is 201 g/mol. The van der Waals surface area contributed by atoms with Gasteiger partial charge in [-0.15, -0.1) is 0 Å². The number of rotatable bonds is 8. The maximum Gasteiger partial charge on any atom is 0.303 e. The predicted molar refractivity (Wildman–Crippen MR) is 58.5 cm³/mol. The summed E-state index contributed by atoms with van der Waals surface area (Å²) in [6.45, 7) is 6.47. The number of carboxylic acids is 1. The molecule has 2 unspecified atom stereocenters. The fraction of sp³-hybridized carbons (Fsp3) is 0.909. The van der Waals surface area contributed by atoms with E-state index >= 15 is 0 Å². The number of hydrogen-bond acceptors (Lipinski definition) is 2. The van der Waals surface area contributed by atoms with Crippen LogP contribution in [0, 0.1) is 0 Å². The van der Waals surface area contributed by atoms with Crippen LogP contribution in [0.1, 0.15) is 52.9 Å². The third-order valence-electron chi connectivity index (χ3n) is 2.32. The Labute approximate surface area is 86.9 Å². The minimum atomic E-state index is -0.696. The normalized spacial score (nSPS) is 15.1. The van der Waals surface area contributed by atoms with Gasteiger partial charge in [0.15, 0.2) is 0 Å². The highest BCUT2D eigenvalue weighted by Crippen LogP contribution is 2.03. The summed E-state index contributed by atoms with van der Waals surface area (Å²) < 4.78 is 0. The van der Waals surface area contributed by atoms with Gasteiger partial charge in [0.2, 0.25) is 0 Å². The van der Waals surface area contributed by atoms with Gasteiger partial charge in [0.1, 0.15) is 0 Å². The average molecular weight is 201 g/mol. The molecule has 2 N–H and O–H groups in total. The van der Waals surface area contributed by atoms with Crippen LogP contribution in [0.15, 0.2) is 0 Å². The Morgan fingerprint density at radius 3 is 2.36 bits per heavy atom. The first-order valence-corrected chi connectivity index (χ1v) is 5.54. The van der Waals surface area contributed by atoms with Crippen molar-refractivity contribution in [1.82, 2.24) is 5.32 Å². The molecule has 14 heavy (non-hydrogen) atoms. The van der Waals surface area contributed by atoms with Crippen LogP contribution in [0.3, 0.4) is 0 Å². The highest BCUT2D eigenvalue weighted by atomic mass is 16.4. The van der Waals surface area contributed by atoms with Crippen molar-refractivity contribution in [1.29, 1.82) is 0 Å². The topological polar surface area (TPSA) is 49.3 Å². The lowest BCUT2D eigenvalue weighted by molar-refractivity contribution is -0.137. The van der Waals surface area contributed by atoms with Crippen molar-refractivity contribution in [3.8, 4) is 0 Å². The lowest BCUT2D eigenvalue weighted by atomic mass is 10.1. The number of nitrogens with one attached hydrogen (secondary N) is 1. The fourth-order valence-corrected chi connectivity index (χ4v) is 1.64. The molecule has 0 aliphatic carbocycles. The molecule has 0 saturated heterocycles. The molecule has 3 nitrogen and oxygen atoms in total. The van der Waals surface area contributed by atoms with Crippen molar-refractivity contribution in [3.63, 3.8) is 0 Å². The molecule has 0 rings (SSSR count). The Morgan fingerprint density at radius 2 is 1.86 bits per heavy atom. The first-order valence-electron chi connectivity index (χ1n) is 5.54. The number of aliphatic carboxylic acids is 1. The summed E-state index contributed by atoms with van der Waals surface area (Å²) in [5, 5.41) is 11.9. The zero-order valence-corrected chi connectivity index (χ0v) is 9.55. The molecule has 2 atom stereocenters. The number of carboxylic acid groups (broad SMARTS) is 1. The quantitative estimate of drug-likeness (QED) is 0.634. The molecule has 0 aromatic carbocycles. The minimum Gasteiger partial charge on any atom is -0.481 e. The van der Waals surface area contributed by atoms with E-state index in [9.17, 15) is 4.79 Å². The summed E-state index contributed by atoms with van der Waals surface area (Å²) in [4.78, 5) is 10.3. The van der Waals surface area contributed by atoms with Crippen LogP contribution in [0.2, 0.25) is 0 Å².